The number of furan rings is 1. The molecule has 0 saturated heterocycles. The standard InChI is InChI=1S/C9H14O3/c1-7(10)4-9(11)5-8-2-3-12-6-8/h2-3,6-7,9-11H,4-5H2,1H3. The van der Waals surface area contributed by atoms with Crippen LogP contribution in [0, 0.1) is 0 Å². The molecule has 2 unspecified atom stereocenters. The smallest absolute Gasteiger partial charge is 0.0935 e. The molecule has 68 valence electrons. The maximum Gasteiger partial charge on any atom is 0.0935 e. The van der Waals surface area contributed by atoms with Crippen molar-refractivity contribution in [3.05, 3.63) is 24.2 Å². The Morgan fingerprint density at radius 1 is 1.50 bits per heavy atom. The molecule has 2 atom stereocenters. The van der Waals surface area contributed by atoms with Gasteiger partial charge in [0.2, 0.25) is 0 Å². The fraction of sp³-hybridized carbons (Fsp3) is 0.556. The minimum Gasteiger partial charge on any atom is -0.472 e. The van der Waals surface area contributed by atoms with Gasteiger partial charge in [0, 0.05) is 6.42 Å². The zero-order valence-electron chi connectivity index (χ0n) is 7.10. The number of hydrogen-bond acceptors (Lipinski definition) is 3. The summed E-state index contributed by atoms with van der Waals surface area (Å²) in [6.45, 7) is 1.67. The molecule has 2 N–H and O–H groups in total. The molecule has 0 fully saturated rings. The number of aliphatic hydroxyl groups excluding tert-OH is 2. The Kier molecular flexibility index (Phi) is 3.31. The lowest BCUT2D eigenvalue weighted by Gasteiger charge is -2.10. The maximum atomic E-state index is 9.39. The highest BCUT2D eigenvalue weighted by molar-refractivity contribution is 5.06. The van der Waals surface area contributed by atoms with Gasteiger partial charge in [-0.25, -0.2) is 0 Å². The second kappa shape index (κ2) is 4.28. The number of aliphatic hydroxyl groups is 2. The monoisotopic (exact) mass is 170 g/mol. The molecule has 0 aliphatic heterocycles. The Bertz CT molecular complexity index is 204. The first-order chi connectivity index (χ1) is 5.68. The summed E-state index contributed by atoms with van der Waals surface area (Å²) in [6.07, 6.45) is 3.19. The first kappa shape index (κ1) is 9.29. The van der Waals surface area contributed by atoms with Gasteiger partial charge >= 0.3 is 0 Å². The lowest BCUT2D eigenvalue weighted by molar-refractivity contribution is 0.0908. The van der Waals surface area contributed by atoms with Crippen LogP contribution in [-0.2, 0) is 6.42 Å². The quantitative estimate of drug-likeness (QED) is 0.707. The fourth-order valence-electron chi connectivity index (χ4n) is 1.16. The van der Waals surface area contributed by atoms with Crippen molar-refractivity contribution in [2.75, 3.05) is 0 Å². The van der Waals surface area contributed by atoms with E-state index in [2.05, 4.69) is 0 Å². The summed E-state index contributed by atoms with van der Waals surface area (Å²) in [7, 11) is 0. The van der Waals surface area contributed by atoms with Crippen LogP contribution in [0.25, 0.3) is 0 Å². The van der Waals surface area contributed by atoms with Crippen molar-refractivity contribution in [2.45, 2.75) is 32.0 Å². The van der Waals surface area contributed by atoms with Crippen LogP contribution in [0.4, 0.5) is 0 Å². The topological polar surface area (TPSA) is 53.6 Å². The summed E-state index contributed by atoms with van der Waals surface area (Å²) >= 11 is 0. The van der Waals surface area contributed by atoms with E-state index in [1.165, 1.54) is 0 Å². The predicted octanol–water partition coefficient (Wildman–Crippen LogP) is 0.954. The second-order valence-corrected chi connectivity index (χ2v) is 3.07. The van der Waals surface area contributed by atoms with E-state index in [0.717, 1.165) is 5.56 Å². The summed E-state index contributed by atoms with van der Waals surface area (Å²) < 4.78 is 4.85. The molecule has 1 aromatic rings. The van der Waals surface area contributed by atoms with Crippen LogP contribution in [0.5, 0.6) is 0 Å². The van der Waals surface area contributed by atoms with E-state index in [0.29, 0.717) is 12.8 Å². The van der Waals surface area contributed by atoms with E-state index in [1.807, 2.05) is 6.07 Å². The average Bonchev–Trinajstić information content (AvgIpc) is 2.37. The van der Waals surface area contributed by atoms with Gasteiger partial charge < -0.3 is 14.6 Å². The Balaban J connectivity index is 2.32. The van der Waals surface area contributed by atoms with Crippen molar-refractivity contribution < 1.29 is 14.6 Å². The third-order valence-electron chi connectivity index (χ3n) is 1.66. The highest BCUT2D eigenvalue weighted by atomic mass is 16.3. The Hall–Kier alpha value is -0.800. The Morgan fingerprint density at radius 2 is 2.25 bits per heavy atom. The van der Waals surface area contributed by atoms with Crippen molar-refractivity contribution in [3.8, 4) is 0 Å². The van der Waals surface area contributed by atoms with Crippen molar-refractivity contribution in [1.29, 1.82) is 0 Å². The molecule has 0 spiro atoms. The third kappa shape index (κ3) is 3.07. The van der Waals surface area contributed by atoms with Gasteiger partial charge in [-0.2, -0.15) is 0 Å². The Morgan fingerprint density at radius 3 is 2.75 bits per heavy atom. The van der Waals surface area contributed by atoms with E-state index >= 15 is 0 Å². The van der Waals surface area contributed by atoms with Gasteiger partial charge in [-0.15, -0.1) is 0 Å². The molecular weight excluding hydrogens is 156 g/mol. The lowest BCUT2D eigenvalue weighted by atomic mass is 10.1. The van der Waals surface area contributed by atoms with Crippen molar-refractivity contribution >= 4 is 0 Å². The van der Waals surface area contributed by atoms with Crippen LogP contribution in [0.3, 0.4) is 0 Å². The molecule has 1 rings (SSSR count). The SMILES string of the molecule is CC(O)CC(O)Cc1ccoc1. The van der Waals surface area contributed by atoms with E-state index < -0.39 is 12.2 Å². The van der Waals surface area contributed by atoms with Crippen molar-refractivity contribution in [3.63, 3.8) is 0 Å². The molecule has 1 heterocycles. The van der Waals surface area contributed by atoms with Gasteiger partial charge in [0.15, 0.2) is 0 Å². The lowest BCUT2D eigenvalue weighted by Crippen LogP contribution is -2.16. The van der Waals surface area contributed by atoms with Crippen LogP contribution in [-0.4, -0.2) is 22.4 Å². The first-order valence-corrected chi connectivity index (χ1v) is 4.05. The fourth-order valence-corrected chi connectivity index (χ4v) is 1.16. The van der Waals surface area contributed by atoms with E-state index in [-0.39, 0.29) is 0 Å². The van der Waals surface area contributed by atoms with E-state index in [1.54, 1.807) is 19.5 Å². The number of rotatable bonds is 4. The molecule has 0 aromatic carbocycles. The van der Waals surface area contributed by atoms with E-state index in [9.17, 15) is 5.11 Å². The zero-order valence-corrected chi connectivity index (χ0v) is 7.10. The zero-order chi connectivity index (χ0) is 8.97. The third-order valence-corrected chi connectivity index (χ3v) is 1.66. The first-order valence-electron chi connectivity index (χ1n) is 4.05. The van der Waals surface area contributed by atoms with Crippen LogP contribution >= 0.6 is 0 Å². The van der Waals surface area contributed by atoms with Crippen LogP contribution in [0.1, 0.15) is 18.9 Å². The molecule has 0 aliphatic rings. The summed E-state index contributed by atoms with van der Waals surface area (Å²) in [4.78, 5) is 0. The van der Waals surface area contributed by atoms with Crippen molar-refractivity contribution in [1.82, 2.24) is 0 Å². The van der Waals surface area contributed by atoms with Crippen LogP contribution < -0.4 is 0 Å². The average molecular weight is 170 g/mol. The summed E-state index contributed by atoms with van der Waals surface area (Å²) in [5, 5.41) is 18.4. The van der Waals surface area contributed by atoms with Crippen LogP contribution in [0.2, 0.25) is 0 Å². The maximum absolute atomic E-state index is 9.39. The molecule has 3 heteroatoms. The van der Waals surface area contributed by atoms with Crippen LogP contribution in [0.15, 0.2) is 23.0 Å². The van der Waals surface area contributed by atoms with E-state index in [4.69, 9.17) is 9.52 Å². The molecular formula is C9H14O3. The minimum atomic E-state index is -0.484. The normalized spacial score (nSPS) is 15.9. The molecule has 0 aliphatic carbocycles. The highest BCUT2D eigenvalue weighted by Gasteiger charge is 2.09. The van der Waals surface area contributed by atoms with Gasteiger partial charge in [-0.05, 0) is 25.0 Å². The van der Waals surface area contributed by atoms with Gasteiger partial charge in [-0.1, -0.05) is 0 Å². The molecule has 1 aromatic heterocycles. The summed E-state index contributed by atoms with van der Waals surface area (Å²) in [5.41, 5.74) is 0.961. The highest BCUT2D eigenvalue weighted by Crippen LogP contribution is 2.07. The second-order valence-electron chi connectivity index (χ2n) is 3.07. The molecule has 12 heavy (non-hydrogen) atoms. The predicted molar refractivity (Wildman–Crippen MR) is 44.7 cm³/mol. The Labute approximate surface area is 71.6 Å². The molecule has 0 amide bonds. The summed E-state index contributed by atoms with van der Waals surface area (Å²) in [6, 6.07) is 1.81. The van der Waals surface area contributed by atoms with Gasteiger partial charge in [0.05, 0.1) is 24.7 Å². The molecule has 0 saturated carbocycles. The number of hydrogen-bond donors (Lipinski definition) is 2. The molecule has 0 bridgehead atoms. The molecule has 0 radical (unpaired) electrons. The largest absolute Gasteiger partial charge is 0.472 e. The molecule has 3 nitrogen and oxygen atoms in total. The van der Waals surface area contributed by atoms with Crippen molar-refractivity contribution in [2.24, 2.45) is 0 Å². The van der Waals surface area contributed by atoms with Gasteiger partial charge in [0.25, 0.3) is 0 Å². The van der Waals surface area contributed by atoms with Gasteiger partial charge in [0.1, 0.15) is 0 Å². The van der Waals surface area contributed by atoms with Gasteiger partial charge in [-0.3, -0.25) is 0 Å². The minimum absolute atomic E-state index is 0.408. The summed E-state index contributed by atoms with van der Waals surface area (Å²) in [5.74, 6) is 0.